The predicted molar refractivity (Wildman–Crippen MR) is 60.4 cm³/mol. The Morgan fingerprint density at radius 3 is 2.94 bits per heavy atom. The fourth-order valence-electron chi connectivity index (χ4n) is 1.89. The predicted octanol–water partition coefficient (Wildman–Crippen LogP) is 0.836. The molecule has 0 aromatic carbocycles. The molecule has 1 aromatic rings. The zero-order chi connectivity index (χ0) is 11.7. The number of nitrogens with two attached hydrogens (primary N) is 1. The molecule has 2 N–H and O–H groups in total. The number of anilines is 1. The summed E-state index contributed by atoms with van der Waals surface area (Å²) >= 11 is 0. The van der Waals surface area contributed by atoms with Crippen LogP contribution in [-0.4, -0.2) is 29.0 Å². The lowest BCUT2D eigenvalue weighted by atomic mass is 10.3. The van der Waals surface area contributed by atoms with Crippen molar-refractivity contribution in [2.24, 2.45) is 5.73 Å². The Hall–Kier alpha value is -1.69. The third-order valence-corrected chi connectivity index (χ3v) is 2.71. The lowest BCUT2D eigenvalue weighted by Crippen LogP contribution is -2.27. The van der Waals surface area contributed by atoms with Crippen LogP contribution in [0.1, 0.15) is 12.1 Å². The van der Waals surface area contributed by atoms with E-state index in [-0.39, 0.29) is 11.7 Å². The van der Waals surface area contributed by atoms with Crippen molar-refractivity contribution in [2.75, 3.05) is 18.0 Å². The van der Waals surface area contributed by atoms with Gasteiger partial charge in [0.1, 0.15) is 0 Å². The van der Waals surface area contributed by atoms with Crippen LogP contribution in [0.3, 0.4) is 0 Å². The van der Waals surface area contributed by atoms with Gasteiger partial charge in [-0.2, -0.15) is 0 Å². The van der Waals surface area contributed by atoms with E-state index in [1.54, 1.807) is 6.07 Å². The van der Waals surface area contributed by atoms with Gasteiger partial charge >= 0.3 is 5.69 Å². The highest BCUT2D eigenvalue weighted by atomic mass is 16.6. The van der Waals surface area contributed by atoms with Gasteiger partial charge in [-0.3, -0.25) is 10.1 Å². The maximum atomic E-state index is 10.9. The fraction of sp³-hybridized carbons (Fsp3) is 0.500. The summed E-state index contributed by atoms with van der Waals surface area (Å²) < 4.78 is 0. The highest BCUT2D eigenvalue weighted by Crippen LogP contribution is 2.28. The molecule has 0 spiro atoms. The summed E-state index contributed by atoms with van der Waals surface area (Å²) in [5.74, 6) is 0.443. The summed E-state index contributed by atoms with van der Waals surface area (Å²) in [6.45, 7) is 3.19. The minimum Gasteiger partial charge on any atom is -0.349 e. The number of aromatic nitrogens is 1. The summed E-state index contributed by atoms with van der Waals surface area (Å²) in [5, 5.41) is 10.9. The summed E-state index contributed by atoms with van der Waals surface area (Å²) in [6.07, 6.45) is 0.854. The molecule has 0 saturated carbocycles. The number of aryl methyl sites for hydroxylation is 1. The Kier molecular flexibility index (Phi) is 2.74. The van der Waals surface area contributed by atoms with Crippen LogP contribution < -0.4 is 10.6 Å². The first kappa shape index (κ1) is 10.8. The molecule has 0 bridgehead atoms. The van der Waals surface area contributed by atoms with E-state index in [0.29, 0.717) is 12.4 Å². The number of hydrogen-bond donors (Lipinski definition) is 1. The number of pyridine rings is 1. The average Bonchev–Trinajstić information content (AvgIpc) is 2.64. The molecule has 1 unspecified atom stereocenters. The van der Waals surface area contributed by atoms with Crippen molar-refractivity contribution in [3.63, 3.8) is 0 Å². The highest BCUT2D eigenvalue weighted by Gasteiger charge is 2.26. The van der Waals surface area contributed by atoms with E-state index in [9.17, 15) is 10.1 Å². The molecule has 0 aliphatic carbocycles. The molecule has 2 rings (SSSR count). The maximum Gasteiger partial charge on any atom is 0.311 e. The zero-order valence-electron chi connectivity index (χ0n) is 9.09. The first-order valence-electron chi connectivity index (χ1n) is 5.20. The summed E-state index contributed by atoms with van der Waals surface area (Å²) in [5.41, 5.74) is 6.62. The number of nitro groups is 1. The average molecular weight is 222 g/mol. The number of nitrogens with zero attached hydrogens (tertiary/aromatic N) is 3. The molecule has 1 aliphatic rings. The van der Waals surface area contributed by atoms with Crippen molar-refractivity contribution in [2.45, 2.75) is 19.4 Å². The first-order valence-corrected chi connectivity index (χ1v) is 5.20. The van der Waals surface area contributed by atoms with Crippen LogP contribution in [0.5, 0.6) is 0 Å². The van der Waals surface area contributed by atoms with Gasteiger partial charge in [-0.15, -0.1) is 0 Å². The minimum atomic E-state index is -0.397. The lowest BCUT2D eigenvalue weighted by Gasteiger charge is -2.16. The summed E-state index contributed by atoms with van der Waals surface area (Å²) in [4.78, 5) is 16.6. The van der Waals surface area contributed by atoms with Gasteiger partial charge in [-0.1, -0.05) is 0 Å². The van der Waals surface area contributed by atoms with Gasteiger partial charge in [0.05, 0.1) is 4.92 Å². The fourth-order valence-corrected chi connectivity index (χ4v) is 1.89. The van der Waals surface area contributed by atoms with Crippen molar-refractivity contribution in [3.8, 4) is 0 Å². The second-order valence-electron chi connectivity index (χ2n) is 4.05. The van der Waals surface area contributed by atoms with Crippen LogP contribution in [0.2, 0.25) is 0 Å². The second-order valence-corrected chi connectivity index (χ2v) is 4.05. The molecule has 16 heavy (non-hydrogen) atoms. The molecule has 6 nitrogen and oxygen atoms in total. The molecule has 2 heterocycles. The van der Waals surface area contributed by atoms with Gasteiger partial charge in [0, 0.05) is 30.9 Å². The largest absolute Gasteiger partial charge is 0.349 e. The quantitative estimate of drug-likeness (QED) is 0.592. The van der Waals surface area contributed by atoms with Crippen molar-refractivity contribution in [1.82, 2.24) is 4.98 Å². The Bertz CT molecular complexity index is 421. The van der Waals surface area contributed by atoms with E-state index in [2.05, 4.69) is 4.98 Å². The van der Waals surface area contributed by atoms with Crippen LogP contribution in [0.25, 0.3) is 0 Å². The molecule has 1 saturated heterocycles. The van der Waals surface area contributed by atoms with E-state index in [1.165, 1.54) is 6.07 Å². The first-order chi connectivity index (χ1) is 7.58. The highest BCUT2D eigenvalue weighted by molar-refractivity contribution is 5.58. The molecule has 1 atom stereocenters. The van der Waals surface area contributed by atoms with E-state index in [1.807, 2.05) is 11.8 Å². The molecule has 1 aliphatic heterocycles. The smallest absolute Gasteiger partial charge is 0.311 e. The Balaban J connectivity index is 2.37. The summed E-state index contributed by atoms with van der Waals surface area (Å²) in [7, 11) is 0. The van der Waals surface area contributed by atoms with Gasteiger partial charge < -0.3 is 10.6 Å². The number of rotatable bonds is 2. The van der Waals surface area contributed by atoms with Gasteiger partial charge in [0.15, 0.2) is 0 Å². The van der Waals surface area contributed by atoms with E-state index in [0.717, 1.165) is 18.7 Å². The van der Waals surface area contributed by atoms with E-state index >= 15 is 0 Å². The van der Waals surface area contributed by atoms with Crippen LogP contribution in [-0.2, 0) is 0 Å². The monoisotopic (exact) mass is 222 g/mol. The Labute approximate surface area is 93.2 Å². The third kappa shape index (κ3) is 1.96. The minimum absolute atomic E-state index is 0.0553. The molecule has 1 aromatic heterocycles. The molecular weight excluding hydrogens is 208 g/mol. The van der Waals surface area contributed by atoms with Crippen molar-refractivity contribution >= 4 is 11.5 Å². The molecule has 6 heteroatoms. The topological polar surface area (TPSA) is 85.3 Å². The standard InChI is InChI=1S/C10H14N4O2/c1-7-2-3-9(14(15)16)10(12-7)13-5-4-8(11)6-13/h2-3,8H,4-6,11H2,1H3. The van der Waals surface area contributed by atoms with Crippen LogP contribution in [0.15, 0.2) is 12.1 Å². The number of hydrogen-bond acceptors (Lipinski definition) is 5. The van der Waals surface area contributed by atoms with Crippen LogP contribution in [0.4, 0.5) is 11.5 Å². The van der Waals surface area contributed by atoms with Crippen LogP contribution in [0, 0.1) is 17.0 Å². The molecular formula is C10H14N4O2. The molecule has 86 valence electrons. The van der Waals surface area contributed by atoms with Gasteiger partial charge in [0.2, 0.25) is 5.82 Å². The molecule has 0 radical (unpaired) electrons. The van der Waals surface area contributed by atoms with Gasteiger partial charge in [0.25, 0.3) is 0 Å². The zero-order valence-corrected chi connectivity index (χ0v) is 9.09. The Morgan fingerprint density at radius 2 is 2.38 bits per heavy atom. The maximum absolute atomic E-state index is 10.9. The van der Waals surface area contributed by atoms with Gasteiger partial charge in [-0.25, -0.2) is 4.98 Å². The SMILES string of the molecule is Cc1ccc([N+](=O)[O-])c(N2CCC(N)C2)n1. The normalized spacial score (nSPS) is 20.1. The Morgan fingerprint density at radius 1 is 1.62 bits per heavy atom. The van der Waals surface area contributed by atoms with Crippen LogP contribution >= 0.6 is 0 Å². The van der Waals surface area contributed by atoms with Crippen molar-refractivity contribution < 1.29 is 4.92 Å². The van der Waals surface area contributed by atoms with Crippen molar-refractivity contribution in [1.29, 1.82) is 0 Å². The third-order valence-electron chi connectivity index (χ3n) is 2.71. The second kappa shape index (κ2) is 4.05. The lowest BCUT2D eigenvalue weighted by molar-refractivity contribution is -0.384. The van der Waals surface area contributed by atoms with Gasteiger partial charge in [-0.05, 0) is 19.4 Å². The van der Waals surface area contributed by atoms with E-state index < -0.39 is 4.92 Å². The summed E-state index contributed by atoms with van der Waals surface area (Å²) in [6, 6.07) is 3.24. The molecule has 1 fully saturated rings. The van der Waals surface area contributed by atoms with E-state index in [4.69, 9.17) is 5.73 Å². The molecule has 0 amide bonds. The van der Waals surface area contributed by atoms with Crippen molar-refractivity contribution in [3.05, 3.63) is 27.9 Å².